The molecule has 23 heavy (non-hydrogen) atoms. The van der Waals surface area contributed by atoms with Crippen molar-refractivity contribution in [3.05, 3.63) is 34.4 Å². The van der Waals surface area contributed by atoms with Crippen LogP contribution in [-0.2, 0) is 4.79 Å². The number of fused-ring (bicyclic) bond motifs is 1. The van der Waals surface area contributed by atoms with Crippen LogP contribution in [0.15, 0.2) is 24.3 Å². The molecule has 2 N–H and O–H groups in total. The number of nitrogens with zero attached hydrogens (tertiary/aromatic N) is 2. The SMILES string of the molecule is O=C(CNc1ccccc1[N+](=O)[O-])NC1CCN2CCCCC12. The normalized spacial score (nSPS) is 24.0. The number of nitro groups is 1. The molecule has 2 saturated heterocycles. The lowest BCUT2D eigenvalue weighted by molar-refractivity contribution is -0.383. The van der Waals surface area contributed by atoms with Gasteiger partial charge in [0.15, 0.2) is 0 Å². The lowest BCUT2D eigenvalue weighted by Gasteiger charge is -2.32. The Morgan fingerprint density at radius 2 is 2.09 bits per heavy atom. The van der Waals surface area contributed by atoms with Crippen LogP contribution in [0.1, 0.15) is 25.7 Å². The Balaban J connectivity index is 1.53. The van der Waals surface area contributed by atoms with Crippen molar-refractivity contribution >= 4 is 17.3 Å². The minimum atomic E-state index is -0.447. The molecule has 2 aliphatic rings. The van der Waals surface area contributed by atoms with E-state index in [4.69, 9.17) is 0 Å². The number of rotatable bonds is 5. The molecule has 0 aliphatic carbocycles. The zero-order chi connectivity index (χ0) is 16.2. The molecule has 0 aromatic heterocycles. The van der Waals surface area contributed by atoms with E-state index < -0.39 is 4.92 Å². The quantitative estimate of drug-likeness (QED) is 0.638. The van der Waals surface area contributed by atoms with E-state index in [0.717, 1.165) is 25.9 Å². The molecule has 7 nitrogen and oxygen atoms in total. The molecular weight excluding hydrogens is 296 g/mol. The van der Waals surface area contributed by atoms with Gasteiger partial charge in [-0.3, -0.25) is 19.8 Å². The molecule has 0 bridgehead atoms. The largest absolute Gasteiger partial charge is 0.371 e. The van der Waals surface area contributed by atoms with Crippen molar-refractivity contribution in [1.82, 2.24) is 10.2 Å². The second kappa shape index (κ2) is 6.95. The van der Waals surface area contributed by atoms with E-state index in [2.05, 4.69) is 15.5 Å². The van der Waals surface area contributed by atoms with E-state index in [0.29, 0.717) is 11.7 Å². The number of carbonyl (C=O) groups is 1. The van der Waals surface area contributed by atoms with Gasteiger partial charge in [-0.15, -0.1) is 0 Å². The highest BCUT2D eigenvalue weighted by molar-refractivity contribution is 5.82. The minimum absolute atomic E-state index is 0.0142. The number of anilines is 1. The molecule has 1 amide bonds. The van der Waals surface area contributed by atoms with Gasteiger partial charge in [0, 0.05) is 24.7 Å². The fourth-order valence-electron chi connectivity index (χ4n) is 3.63. The van der Waals surface area contributed by atoms with Gasteiger partial charge in [-0.2, -0.15) is 0 Å². The lowest BCUT2D eigenvalue weighted by Crippen LogP contribution is -2.48. The summed E-state index contributed by atoms with van der Waals surface area (Å²) in [5, 5.41) is 16.9. The molecular formula is C16H22N4O3. The van der Waals surface area contributed by atoms with Crippen molar-refractivity contribution < 1.29 is 9.72 Å². The molecule has 0 spiro atoms. The summed E-state index contributed by atoms with van der Waals surface area (Å²) in [6.45, 7) is 2.23. The third-order valence-corrected chi connectivity index (χ3v) is 4.74. The van der Waals surface area contributed by atoms with Crippen LogP contribution < -0.4 is 10.6 Å². The Hall–Kier alpha value is -2.15. The minimum Gasteiger partial charge on any atom is -0.371 e. The Labute approximate surface area is 135 Å². The maximum Gasteiger partial charge on any atom is 0.292 e. The first kappa shape index (κ1) is 15.7. The van der Waals surface area contributed by atoms with Crippen LogP contribution in [0.3, 0.4) is 0 Å². The molecule has 2 atom stereocenters. The summed E-state index contributed by atoms with van der Waals surface area (Å²) in [5.41, 5.74) is 0.359. The van der Waals surface area contributed by atoms with Crippen LogP contribution >= 0.6 is 0 Å². The monoisotopic (exact) mass is 318 g/mol. The van der Waals surface area contributed by atoms with E-state index in [9.17, 15) is 14.9 Å². The predicted octanol–water partition coefficient (Wildman–Crippen LogP) is 1.75. The van der Waals surface area contributed by atoms with Gasteiger partial charge in [0.2, 0.25) is 5.91 Å². The molecule has 2 aliphatic heterocycles. The van der Waals surface area contributed by atoms with Gasteiger partial charge in [0.1, 0.15) is 5.69 Å². The summed E-state index contributed by atoms with van der Waals surface area (Å²) >= 11 is 0. The number of piperidine rings is 1. The van der Waals surface area contributed by atoms with Crippen molar-refractivity contribution in [2.45, 2.75) is 37.8 Å². The van der Waals surface area contributed by atoms with Crippen LogP contribution in [0.2, 0.25) is 0 Å². The number of hydrogen-bond acceptors (Lipinski definition) is 5. The predicted molar refractivity (Wildman–Crippen MR) is 87.3 cm³/mol. The maximum absolute atomic E-state index is 12.2. The van der Waals surface area contributed by atoms with Gasteiger partial charge in [0.25, 0.3) is 5.69 Å². The first-order valence-corrected chi connectivity index (χ1v) is 8.16. The number of carbonyl (C=O) groups excluding carboxylic acids is 1. The Morgan fingerprint density at radius 3 is 2.91 bits per heavy atom. The van der Waals surface area contributed by atoms with Crippen LogP contribution in [0.4, 0.5) is 11.4 Å². The van der Waals surface area contributed by atoms with Gasteiger partial charge in [-0.1, -0.05) is 18.6 Å². The van der Waals surface area contributed by atoms with E-state index in [1.165, 1.54) is 18.9 Å². The van der Waals surface area contributed by atoms with Crippen molar-refractivity contribution in [2.24, 2.45) is 0 Å². The molecule has 0 saturated carbocycles. The molecule has 7 heteroatoms. The van der Waals surface area contributed by atoms with E-state index in [1.807, 2.05) is 0 Å². The van der Waals surface area contributed by atoms with Crippen LogP contribution in [0, 0.1) is 10.1 Å². The highest BCUT2D eigenvalue weighted by Gasteiger charge is 2.36. The molecule has 2 unspecified atom stereocenters. The number of nitro benzene ring substituents is 1. The average Bonchev–Trinajstić information content (AvgIpc) is 2.96. The van der Waals surface area contributed by atoms with Gasteiger partial charge in [-0.05, 0) is 31.9 Å². The second-order valence-corrected chi connectivity index (χ2v) is 6.19. The molecule has 0 radical (unpaired) electrons. The van der Waals surface area contributed by atoms with E-state index in [1.54, 1.807) is 18.2 Å². The summed E-state index contributed by atoms with van der Waals surface area (Å²) in [6, 6.07) is 7.03. The van der Waals surface area contributed by atoms with Crippen molar-refractivity contribution in [1.29, 1.82) is 0 Å². The Bertz CT molecular complexity index is 592. The van der Waals surface area contributed by atoms with E-state index in [-0.39, 0.29) is 24.2 Å². The fraction of sp³-hybridized carbons (Fsp3) is 0.562. The van der Waals surface area contributed by atoms with Gasteiger partial charge >= 0.3 is 0 Å². The van der Waals surface area contributed by atoms with Crippen molar-refractivity contribution in [3.63, 3.8) is 0 Å². The van der Waals surface area contributed by atoms with Gasteiger partial charge in [0.05, 0.1) is 11.5 Å². The summed E-state index contributed by atoms with van der Waals surface area (Å²) in [6.07, 6.45) is 4.60. The second-order valence-electron chi connectivity index (χ2n) is 6.19. The summed E-state index contributed by atoms with van der Waals surface area (Å²) in [7, 11) is 0. The third-order valence-electron chi connectivity index (χ3n) is 4.74. The first-order valence-electron chi connectivity index (χ1n) is 8.16. The summed E-state index contributed by atoms with van der Waals surface area (Å²) in [4.78, 5) is 25.1. The maximum atomic E-state index is 12.2. The fourth-order valence-corrected chi connectivity index (χ4v) is 3.63. The van der Waals surface area contributed by atoms with Crippen LogP contribution in [-0.4, -0.2) is 47.4 Å². The van der Waals surface area contributed by atoms with Gasteiger partial charge in [-0.25, -0.2) is 0 Å². The standard InChI is InChI=1S/C16H22N4O3/c21-16(11-17-12-5-1-2-7-15(12)20(22)23)18-13-8-10-19-9-4-3-6-14(13)19/h1-2,5,7,13-14,17H,3-4,6,8-11H2,(H,18,21). The molecule has 2 heterocycles. The molecule has 1 aromatic rings. The van der Waals surface area contributed by atoms with Crippen molar-refractivity contribution in [3.8, 4) is 0 Å². The average molecular weight is 318 g/mol. The Kier molecular flexibility index (Phi) is 4.76. The molecule has 124 valence electrons. The highest BCUT2D eigenvalue weighted by atomic mass is 16.6. The lowest BCUT2D eigenvalue weighted by atomic mass is 9.99. The molecule has 3 rings (SSSR count). The molecule has 2 fully saturated rings. The van der Waals surface area contributed by atoms with E-state index >= 15 is 0 Å². The van der Waals surface area contributed by atoms with Gasteiger partial charge < -0.3 is 10.6 Å². The number of nitrogens with one attached hydrogen (secondary N) is 2. The summed E-state index contributed by atoms with van der Waals surface area (Å²) in [5.74, 6) is -0.111. The van der Waals surface area contributed by atoms with Crippen molar-refractivity contribution in [2.75, 3.05) is 25.0 Å². The summed E-state index contributed by atoms with van der Waals surface area (Å²) < 4.78 is 0. The van der Waals surface area contributed by atoms with Crippen LogP contribution in [0.25, 0.3) is 0 Å². The number of amides is 1. The first-order chi connectivity index (χ1) is 11.1. The smallest absolute Gasteiger partial charge is 0.292 e. The third kappa shape index (κ3) is 3.61. The number of para-hydroxylation sites is 2. The number of hydrogen-bond donors (Lipinski definition) is 2. The number of benzene rings is 1. The Morgan fingerprint density at radius 1 is 1.26 bits per heavy atom. The highest BCUT2D eigenvalue weighted by Crippen LogP contribution is 2.27. The topological polar surface area (TPSA) is 87.5 Å². The zero-order valence-corrected chi connectivity index (χ0v) is 13.0. The molecule has 1 aromatic carbocycles. The zero-order valence-electron chi connectivity index (χ0n) is 13.0. The van der Waals surface area contributed by atoms with Crippen LogP contribution in [0.5, 0.6) is 0 Å².